The van der Waals surface area contributed by atoms with Gasteiger partial charge in [-0.3, -0.25) is 14.7 Å². The highest BCUT2D eigenvalue weighted by Gasteiger charge is 2.31. The summed E-state index contributed by atoms with van der Waals surface area (Å²) in [6.07, 6.45) is 4.09. The van der Waals surface area contributed by atoms with Crippen molar-refractivity contribution in [3.63, 3.8) is 0 Å². The number of amides is 1. The summed E-state index contributed by atoms with van der Waals surface area (Å²) < 4.78 is 5.57. The fourth-order valence-electron chi connectivity index (χ4n) is 4.86. The molecule has 0 spiro atoms. The van der Waals surface area contributed by atoms with Gasteiger partial charge in [-0.2, -0.15) is 0 Å². The number of hydrogen-bond acceptors (Lipinski definition) is 4. The Labute approximate surface area is 190 Å². The first kappa shape index (κ1) is 22.4. The first-order chi connectivity index (χ1) is 15.2. The molecule has 1 aromatic carbocycles. The zero-order valence-corrected chi connectivity index (χ0v) is 19.2. The van der Waals surface area contributed by atoms with Crippen LogP contribution in [0.5, 0.6) is 0 Å². The molecular weight excluding hydrogens is 414 g/mol. The van der Waals surface area contributed by atoms with Crippen molar-refractivity contribution >= 4 is 23.5 Å². The number of hydrogen-bond donors (Lipinski definition) is 1. The Morgan fingerprint density at radius 2 is 1.90 bits per heavy atom. The minimum absolute atomic E-state index is 0.148. The van der Waals surface area contributed by atoms with Crippen molar-refractivity contribution in [2.75, 3.05) is 59.5 Å². The van der Waals surface area contributed by atoms with Gasteiger partial charge in [0.05, 0.1) is 6.04 Å². The predicted molar refractivity (Wildman–Crippen MR) is 123 cm³/mol. The number of nitrogens with one attached hydrogen (secondary N) is 1. The minimum Gasteiger partial charge on any atom is -0.368 e. The standard InChI is InChI=1S/C23H34ClN5O2/c1-25-23(29-13-11-28(12-14-29)22(30)21-8-5-15-31-21)26-17-20(27-9-2-3-10-27)18-6-4-7-19(24)16-18/h4,6-7,16,20-21H,2-3,5,8-15,17H2,1H3,(H,25,26). The lowest BCUT2D eigenvalue weighted by Crippen LogP contribution is -2.55. The van der Waals surface area contributed by atoms with Crippen molar-refractivity contribution in [1.29, 1.82) is 0 Å². The summed E-state index contributed by atoms with van der Waals surface area (Å²) in [7, 11) is 1.83. The summed E-state index contributed by atoms with van der Waals surface area (Å²) in [6, 6.07) is 8.45. The molecule has 0 radical (unpaired) electrons. The Morgan fingerprint density at radius 1 is 1.16 bits per heavy atom. The number of rotatable bonds is 5. The van der Waals surface area contributed by atoms with Gasteiger partial charge in [0.15, 0.2) is 5.96 Å². The number of carbonyl (C=O) groups is 1. The van der Waals surface area contributed by atoms with Crippen molar-refractivity contribution in [1.82, 2.24) is 20.0 Å². The normalized spacial score (nSPS) is 23.9. The van der Waals surface area contributed by atoms with Gasteiger partial charge >= 0.3 is 0 Å². The maximum Gasteiger partial charge on any atom is 0.251 e. The van der Waals surface area contributed by atoms with E-state index in [2.05, 4.69) is 32.2 Å². The molecule has 3 fully saturated rings. The third-order valence-corrected chi connectivity index (χ3v) is 6.81. The van der Waals surface area contributed by atoms with E-state index >= 15 is 0 Å². The van der Waals surface area contributed by atoms with E-state index < -0.39 is 0 Å². The van der Waals surface area contributed by atoms with E-state index in [9.17, 15) is 4.79 Å². The molecule has 1 aromatic rings. The number of halogens is 1. The Morgan fingerprint density at radius 3 is 2.55 bits per heavy atom. The predicted octanol–water partition coefficient (Wildman–Crippen LogP) is 2.38. The SMILES string of the molecule is CN=C(NCC(c1cccc(Cl)c1)N1CCCC1)N1CCN(C(=O)C2CCCO2)CC1. The number of benzene rings is 1. The van der Waals surface area contributed by atoms with Gasteiger partial charge in [-0.25, -0.2) is 0 Å². The fraction of sp³-hybridized carbons (Fsp3) is 0.652. The third kappa shape index (κ3) is 5.51. The molecule has 0 bridgehead atoms. The van der Waals surface area contributed by atoms with Crippen molar-refractivity contribution in [3.8, 4) is 0 Å². The summed E-state index contributed by atoms with van der Waals surface area (Å²) in [4.78, 5) is 23.9. The molecule has 0 aliphatic carbocycles. The molecule has 4 rings (SSSR count). The van der Waals surface area contributed by atoms with E-state index in [1.54, 1.807) is 0 Å². The Hall–Kier alpha value is -1.83. The molecule has 3 aliphatic heterocycles. The number of carbonyl (C=O) groups excluding carboxylic acids is 1. The average Bonchev–Trinajstić information content (AvgIpc) is 3.51. The average molecular weight is 448 g/mol. The molecule has 31 heavy (non-hydrogen) atoms. The van der Waals surface area contributed by atoms with Gasteiger partial charge in [0.25, 0.3) is 5.91 Å². The zero-order valence-electron chi connectivity index (χ0n) is 18.4. The molecule has 0 aromatic heterocycles. The van der Waals surface area contributed by atoms with Gasteiger partial charge in [0.2, 0.25) is 0 Å². The van der Waals surface area contributed by atoms with Gasteiger partial charge < -0.3 is 19.9 Å². The molecule has 3 aliphatic rings. The molecular formula is C23H34ClN5O2. The van der Waals surface area contributed by atoms with Crippen molar-refractivity contribution < 1.29 is 9.53 Å². The van der Waals surface area contributed by atoms with E-state index in [-0.39, 0.29) is 18.1 Å². The summed E-state index contributed by atoms with van der Waals surface area (Å²) >= 11 is 6.28. The van der Waals surface area contributed by atoms with Gasteiger partial charge in [0.1, 0.15) is 6.10 Å². The molecule has 2 unspecified atom stereocenters. The van der Waals surface area contributed by atoms with Crippen LogP contribution in [-0.2, 0) is 9.53 Å². The Bertz CT molecular complexity index is 769. The molecule has 2 atom stereocenters. The fourth-order valence-corrected chi connectivity index (χ4v) is 5.06. The maximum absolute atomic E-state index is 12.6. The van der Waals surface area contributed by atoms with E-state index in [0.717, 1.165) is 56.5 Å². The minimum atomic E-state index is -0.233. The molecule has 8 heteroatoms. The number of likely N-dealkylation sites (tertiary alicyclic amines) is 1. The molecule has 0 saturated carbocycles. The highest BCUT2D eigenvalue weighted by molar-refractivity contribution is 6.30. The largest absolute Gasteiger partial charge is 0.368 e. The summed E-state index contributed by atoms with van der Waals surface area (Å²) in [5.41, 5.74) is 1.24. The maximum atomic E-state index is 12.6. The van der Waals surface area contributed by atoms with E-state index in [4.69, 9.17) is 16.3 Å². The van der Waals surface area contributed by atoms with Crippen LogP contribution >= 0.6 is 11.6 Å². The number of nitrogens with zero attached hydrogens (tertiary/aromatic N) is 4. The van der Waals surface area contributed by atoms with Crippen LogP contribution in [0.1, 0.15) is 37.3 Å². The number of ether oxygens (including phenoxy) is 1. The topological polar surface area (TPSA) is 60.4 Å². The van der Waals surface area contributed by atoms with Gasteiger partial charge in [-0.1, -0.05) is 23.7 Å². The van der Waals surface area contributed by atoms with Crippen molar-refractivity contribution in [3.05, 3.63) is 34.9 Å². The van der Waals surface area contributed by atoms with Crippen LogP contribution in [0.4, 0.5) is 0 Å². The monoisotopic (exact) mass is 447 g/mol. The van der Waals surface area contributed by atoms with Crippen molar-refractivity contribution in [2.45, 2.75) is 37.8 Å². The van der Waals surface area contributed by atoms with Crippen molar-refractivity contribution in [2.24, 2.45) is 4.99 Å². The van der Waals surface area contributed by atoms with E-state index in [0.29, 0.717) is 19.7 Å². The van der Waals surface area contributed by atoms with Crippen LogP contribution in [0.15, 0.2) is 29.3 Å². The number of guanidine groups is 1. The molecule has 170 valence electrons. The third-order valence-electron chi connectivity index (χ3n) is 6.58. The lowest BCUT2D eigenvalue weighted by molar-refractivity contribution is -0.142. The highest BCUT2D eigenvalue weighted by atomic mass is 35.5. The second-order valence-electron chi connectivity index (χ2n) is 8.56. The van der Waals surface area contributed by atoms with Crippen LogP contribution in [0.25, 0.3) is 0 Å². The zero-order chi connectivity index (χ0) is 21.6. The van der Waals surface area contributed by atoms with E-state index in [1.165, 1.54) is 18.4 Å². The van der Waals surface area contributed by atoms with Gasteiger partial charge in [-0.05, 0) is 56.5 Å². The first-order valence-corrected chi connectivity index (χ1v) is 11.9. The second kappa shape index (κ2) is 10.7. The molecule has 3 saturated heterocycles. The molecule has 1 N–H and O–H groups in total. The summed E-state index contributed by atoms with van der Waals surface area (Å²) in [5, 5.41) is 4.37. The lowest BCUT2D eigenvalue weighted by atomic mass is 10.1. The van der Waals surface area contributed by atoms with Gasteiger partial charge in [0, 0.05) is 51.4 Å². The highest BCUT2D eigenvalue weighted by Crippen LogP contribution is 2.26. The molecule has 3 heterocycles. The van der Waals surface area contributed by atoms with Crippen LogP contribution in [-0.4, -0.2) is 92.1 Å². The smallest absolute Gasteiger partial charge is 0.251 e. The number of aliphatic imine (C=N–C) groups is 1. The Kier molecular flexibility index (Phi) is 7.69. The van der Waals surface area contributed by atoms with Crippen LogP contribution in [0.3, 0.4) is 0 Å². The van der Waals surface area contributed by atoms with Crippen LogP contribution < -0.4 is 5.32 Å². The molecule has 7 nitrogen and oxygen atoms in total. The summed E-state index contributed by atoms with van der Waals surface area (Å²) in [5.74, 6) is 1.05. The van der Waals surface area contributed by atoms with E-state index in [1.807, 2.05) is 24.1 Å². The quantitative estimate of drug-likeness (QED) is 0.554. The van der Waals surface area contributed by atoms with Crippen LogP contribution in [0, 0.1) is 0 Å². The number of piperazine rings is 1. The lowest BCUT2D eigenvalue weighted by Gasteiger charge is -2.38. The second-order valence-corrected chi connectivity index (χ2v) is 8.99. The Balaban J connectivity index is 1.34. The summed E-state index contributed by atoms with van der Waals surface area (Å²) in [6.45, 7) is 6.70. The van der Waals surface area contributed by atoms with Gasteiger partial charge in [-0.15, -0.1) is 0 Å². The van der Waals surface area contributed by atoms with Crippen LogP contribution in [0.2, 0.25) is 5.02 Å². The molecule has 1 amide bonds. The first-order valence-electron chi connectivity index (χ1n) is 11.5.